The van der Waals surface area contributed by atoms with E-state index in [4.69, 9.17) is 45.4 Å². The number of aromatic nitrogens is 2. The minimum atomic E-state index is -1.03. The van der Waals surface area contributed by atoms with Crippen LogP contribution in [-0.4, -0.2) is 165 Å². The molecule has 4 amide bonds. The normalized spacial score (nSPS) is 15.9. The molecule has 21 heteroatoms. The Morgan fingerprint density at radius 1 is 0.870 bits per heavy atom. The van der Waals surface area contributed by atoms with Gasteiger partial charge in [-0.1, -0.05) is 41.9 Å². The Morgan fingerprint density at radius 2 is 1.59 bits per heavy atom. The number of carbonyl (C=O) groups is 5. The molecule has 8 rings (SSSR count). The predicted molar refractivity (Wildman–Crippen MR) is 255 cm³/mol. The highest BCUT2D eigenvalue weighted by atomic mass is 35.5. The second-order valence-corrected chi connectivity index (χ2v) is 16.7. The molecule has 5 N–H and O–H groups in total. The number of nitrogens with zero attached hydrogens (tertiary/aromatic N) is 5. The molecule has 2 saturated heterocycles. The Bertz CT molecular complexity index is 2670. The van der Waals surface area contributed by atoms with E-state index < -0.39 is 35.5 Å². The largest absolute Gasteiger partial charge is 0.508 e. The summed E-state index contributed by atoms with van der Waals surface area (Å²) in [5.41, 5.74) is 1.58. The number of phenols is 1. The Balaban J connectivity index is 0.00000228. The summed E-state index contributed by atoms with van der Waals surface area (Å²) in [6, 6.07) is 16.2. The summed E-state index contributed by atoms with van der Waals surface area (Å²) in [6.45, 7) is 7.02. The number of carboxylic acid groups (broad SMARTS) is 1. The van der Waals surface area contributed by atoms with Gasteiger partial charge in [-0.3, -0.25) is 34.2 Å². The van der Waals surface area contributed by atoms with E-state index in [9.17, 15) is 24.3 Å². The summed E-state index contributed by atoms with van der Waals surface area (Å²) in [5, 5.41) is 28.3. The van der Waals surface area contributed by atoms with Crippen molar-refractivity contribution in [2.24, 2.45) is 0 Å². The molecule has 2 fully saturated rings. The summed E-state index contributed by atoms with van der Waals surface area (Å²) < 4.78 is 39.9. The van der Waals surface area contributed by atoms with Gasteiger partial charge in [-0.25, -0.2) is 4.39 Å². The highest BCUT2D eigenvalue weighted by Gasteiger charge is 2.45. The first-order valence-electron chi connectivity index (χ1n) is 22.6. The molecule has 69 heavy (non-hydrogen) atoms. The smallest absolute Gasteiger partial charge is 0.319 e. The molecule has 19 nitrogen and oxygen atoms in total. The maximum Gasteiger partial charge on any atom is 0.319 e. The zero-order valence-electron chi connectivity index (χ0n) is 38.0. The van der Waals surface area contributed by atoms with Gasteiger partial charge in [0.25, 0.3) is 18.3 Å². The molecular weight excluding hydrogens is 919 g/mol. The first-order chi connectivity index (χ1) is 33.5. The van der Waals surface area contributed by atoms with Crippen molar-refractivity contribution in [1.29, 1.82) is 0 Å². The van der Waals surface area contributed by atoms with Gasteiger partial charge >= 0.3 is 6.01 Å². The minimum absolute atomic E-state index is 0.0000779. The monoisotopic (exact) mass is 972 g/mol. The standard InChI is InChI=1S/C47H52ClFN8O9.CH2O2/c1-55(18-21-64-23-25-65-24-22-63-20-14-51-36-9-4-8-32-40(36)46(62)57(45(32)61)37-10-11-38(59)52-44(37)60)15-5-19-66-47-53-42-34(43(54-47)56-16-12-50-13-17-56)28-35(48)39(41(42)49)33-27-30(58)26-29-6-2-3-7-31(29)33;2-1-3/h2-4,6-9,26-28,37,50-51,58H,5,10-25H2,1H3,(H,52,59,60);1H,(H,2,3). The van der Waals surface area contributed by atoms with Crippen molar-refractivity contribution < 1.29 is 57.5 Å². The number of piperidine rings is 1. The van der Waals surface area contributed by atoms with E-state index in [2.05, 4.69) is 30.7 Å². The van der Waals surface area contributed by atoms with Gasteiger partial charge in [0, 0.05) is 68.9 Å². The van der Waals surface area contributed by atoms with Crippen LogP contribution in [0.1, 0.15) is 40.0 Å². The van der Waals surface area contributed by atoms with Crippen molar-refractivity contribution in [2.75, 3.05) is 109 Å². The first kappa shape index (κ1) is 50.3. The molecule has 0 radical (unpaired) electrons. The first-order valence-corrected chi connectivity index (χ1v) is 23.0. The van der Waals surface area contributed by atoms with Crippen LogP contribution < -0.4 is 25.6 Å². The number of ether oxygens (including phenoxy) is 4. The van der Waals surface area contributed by atoms with E-state index in [0.717, 1.165) is 28.8 Å². The zero-order valence-corrected chi connectivity index (χ0v) is 38.8. The molecule has 0 spiro atoms. The summed E-state index contributed by atoms with van der Waals surface area (Å²) >= 11 is 6.83. The van der Waals surface area contributed by atoms with Crippen molar-refractivity contribution in [3.8, 4) is 22.9 Å². The number of hydrogen-bond acceptors (Lipinski definition) is 16. The van der Waals surface area contributed by atoms with Gasteiger partial charge in [0.05, 0.1) is 62.4 Å². The number of imide groups is 2. The summed E-state index contributed by atoms with van der Waals surface area (Å²) in [7, 11) is 1.99. The van der Waals surface area contributed by atoms with Gasteiger partial charge < -0.3 is 49.6 Å². The van der Waals surface area contributed by atoms with E-state index in [-0.39, 0.29) is 58.3 Å². The number of fused-ring (bicyclic) bond motifs is 3. The van der Waals surface area contributed by atoms with Gasteiger partial charge in [-0.05, 0) is 66.6 Å². The number of nitrogens with one attached hydrogen (secondary N) is 3. The van der Waals surface area contributed by atoms with Crippen LogP contribution >= 0.6 is 11.6 Å². The summed E-state index contributed by atoms with van der Waals surface area (Å²) in [4.78, 5) is 73.1. The van der Waals surface area contributed by atoms with Crippen molar-refractivity contribution in [3.05, 3.63) is 82.6 Å². The molecule has 3 aliphatic heterocycles. The Labute approximate surface area is 401 Å². The number of halogens is 2. The second-order valence-electron chi connectivity index (χ2n) is 16.3. The highest BCUT2D eigenvalue weighted by molar-refractivity contribution is 6.35. The fraction of sp³-hybridized carbons (Fsp3) is 0.396. The van der Waals surface area contributed by atoms with E-state index in [1.807, 2.05) is 31.3 Å². The van der Waals surface area contributed by atoms with Crippen LogP contribution in [0, 0.1) is 5.82 Å². The maximum atomic E-state index is 16.7. The number of phenolic OH excluding ortho intramolecular Hbond substituents is 1. The number of amides is 4. The van der Waals surface area contributed by atoms with Crippen LogP contribution in [0.25, 0.3) is 32.8 Å². The molecule has 1 unspecified atom stereocenters. The number of carbonyl (C=O) groups excluding carboxylic acids is 4. The second kappa shape index (κ2) is 24.1. The predicted octanol–water partition coefficient (Wildman–Crippen LogP) is 4.32. The lowest BCUT2D eigenvalue weighted by atomic mass is 9.96. The van der Waals surface area contributed by atoms with Crippen LogP contribution in [0.5, 0.6) is 11.8 Å². The molecule has 0 bridgehead atoms. The van der Waals surface area contributed by atoms with Gasteiger partial charge in [-0.15, -0.1) is 0 Å². The molecule has 1 aromatic heterocycles. The molecule has 4 heterocycles. The average Bonchev–Trinajstić information content (AvgIpc) is 3.59. The molecule has 0 aliphatic carbocycles. The quantitative estimate of drug-likeness (QED) is 0.0391. The number of piperazine rings is 1. The molecule has 3 aliphatic rings. The summed E-state index contributed by atoms with van der Waals surface area (Å²) in [6.07, 6.45) is 0.810. The van der Waals surface area contributed by atoms with Crippen molar-refractivity contribution in [1.82, 2.24) is 30.4 Å². The lowest BCUT2D eigenvalue weighted by Crippen LogP contribution is -2.54. The highest BCUT2D eigenvalue weighted by Crippen LogP contribution is 2.42. The number of rotatable bonds is 21. The zero-order chi connectivity index (χ0) is 48.9. The van der Waals surface area contributed by atoms with Crippen LogP contribution in [0.4, 0.5) is 15.9 Å². The fourth-order valence-corrected chi connectivity index (χ4v) is 8.68. The molecule has 366 valence electrons. The number of benzene rings is 4. The lowest BCUT2D eigenvalue weighted by molar-refractivity contribution is -0.136. The third kappa shape index (κ3) is 12.2. The molecule has 0 saturated carbocycles. The topological polar surface area (TPSA) is 234 Å². The minimum Gasteiger partial charge on any atom is -0.508 e. The number of likely N-dealkylation sites (N-methyl/N-ethyl adjacent to an activating group) is 1. The average molecular weight is 973 g/mol. The van der Waals surface area contributed by atoms with Gasteiger partial charge in [0.2, 0.25) is 11.8 Å². The third-order valence-corrected chi connectivity index (χ3v) is 12.0. The molecule has 1 atom stereocenters. The van der Waals surface area contributed by atoms with E-state index in [1.165, 1.54) is 6.07 Å². The molecule has 4 aromatic carbocycles. The fourth-order valence-electron chi connectivity index (χ4n) is 8.38. The van der Waals surface area contributed by atoms with Crippen LogP contribution in [-0.2, 0) is 28.6 Å². The van der Waals surface area contributed by atoms with E-state index in [1.54, 1.807) is 30.3 Å². The van der Waals surface area contributed by atoms with Crippen molar-refractivity contribution in [2.45, 2.75) is 25.3 Å². The van der Waals surface area contributed by atoms with Crippen molar-refractivity contribution >= 4 is 74.9 Å². The molecular formula is C48H54ClFN8O11. The maximum absolute atomic E-state index is 16.7. The van der Waals surface area contributed by atoms with Crippen LogP contribution in [0.3, 0.4) is 0 Å². The molecule has 5 aromatic rings. The van der Waals surface area contributed by atoms with Gasteiger partial charge in [0.1, 0.15) is 23.1 Å². The lowest BCUT2D eigenvalue weighted by Gasteiger charge is -2.29. The van der Waals surface area contributed by atoms with Crippen molar-refractivity contribution in [3.63, 3.8) is 0 Å². The van der Waals surface area contributed by atoms with Crippen LogP contribution in [0.2, 0.25) is 5.02 Å². The number of aromatic hydroxyl groups is 1. The Kier molecular flexibility index (Phi) is 17.6. The van der Waals surface area contributed by atoms with E-state index >= 15 is 4.39 Å². The number of anilines is 2. The summed E-state index contributed by atoms with van der Waals surface area (Å²) in [5.74, 6) is -2.27. The Morgan fingerprint density at radius 3 is 2.35 bits per heavy atom. The third-order valence-electron chi connectivity index (χ3n) is 11.7. The van der Waals surface area contributed by atoms with Gasteiger partial charge in [0.15, 0.2) is 5.82 Å². The SMILES string of the molecule is CN(CCCOc1nc(N2CCNCC2)c2cc(Cl)c(-c3cc(O)cc4ccccc34)c(F)c2n1)CCOCCOCCOCCNc1cccc2c1C(=O)N(C1CCC(=O)NC1=O)C2=O.O=CO. The van der Waals surface area contributed by atoms with Crippen LogP contribution in [0.15, 0.2) is 60.7 Å². The Hall–Kier alpha value is -6.55. The van der Waals surface area contributed by atoms with Gasteiger partial charge in [-0.2, -0.15) is 9.97 Å². The van der Waals surface area contributed by atoms with E-state index in [0.29, 0.717) is 108 Å². The number of hydrogen-bond donors (Lipinski definition) is 5.